The van der Waals surface area contributed by atoms with Crippen molar-refractivity contribution in [2.24, 2.45) is 0 Å². The number of sulfonamides is 1. The highest BCUT2D eigenvalue weighted by Gasteiger charge is 2.15. The maximum absolute atomic E-state index is 12.4. The summed E-state index contributed by atoms with van der Waals surface area (Å²) in [7, 11) is -3.56. The van der Waals surface area contributed by atoms with Crippen LogP contribution in [-0.2, 0) is 10.0 Å². The van der Waals surface area contributed by atoms with Crippen molar-refractivity contribution < 1.29 is 8.42 Å². The van der Waals surface area contributed by atoms with Gasteiger partial charge in [0.25, 0.3) is 10.0 Å². The standard InChI is InChI=1S/C16H20N2O2S/c1-3-18(4-2)15-11-8-12-16(13-15)21(19,20)17-14-9-6-5-7-10-14/h5-13,17H,3-4H2,1-2H3. The van der Waals surface area contributed by atoms with Gasteiger partial charge in [-0.2, -0.15) is 0 Å². The molecule has 0 aliphatic carbocycles. The van der Waals surface area contributed by atoms with E-state index in [-0.39, 0.29) is 4.90 Å². The van der Waals surface area contributed by atoms with Crippen molar-refractivity contribution in [2.45, 2.75) is 18.7 Å². The van der Waals surface area contributed by atoms with Crippen LogP contribution >= 0.6 is 0 Å². The van der Waals surface area contributed by atoms with Crippen LogP contribution in [-0.4, -0.2) is 21.5 Å². The molecule has 0 atom stereocenters. The highest BCUT2D eigenvalue weighted by Crippen LogP contribution is 2.21. The summed E-state index contributed by atoms with van der Waals surface area (Å²) >= 11 is 0. The smallest absolute Gasteiger partial charge is 0.261 e. The number of nitrogens with zero attached hydrogens (tertiary/aromatic N) is 1. The van der Waals surface area contributed by atoms with Crippen LogP contribution in [0, 0.1) is 0 Å². The fourth-order valence-corrected chi connectivity index (χ4v) is 3.25. The highest BCUT2D eigenvalue weighted by molar-refractivity contribution is 7.92. The Balaban J connectivity index is 2.30. The van der Waals surface area contributed by atoms with Crippen molar-refractivity contribution in [3.63, 3.8) is 0 Å². The quantitative estimate of drug-likeness (QED) is 0.890. The molecule has 0 bridgehead atoms. The third-order valence-corrected chi connectivity index (χ3v) is 4.66. The van der Waals surface area contributed by atoms with E-state index in [4.69, 9.17) is 0 Å². The monoisotopic (exact) mass is 304 g/mol. The summed E-state index contributed by atoms with van der Waals surface area (Å²) in [4.78, 5) is 2.39. The fraction of sp³-hybridized carbons (Fsp3) is 0.250. The van der Waals surface area contributed by atoms with Crippen molar-refractivity contribution in [2.75, 3.05) is 22.7 Å². The van der Waals surface area contributed by atoms with Crippen LogP contribution in [0.2, 0.25) is 0 Å². The largest absolute Gasteiger partial charge is 0.372 e. The summed E-state index contributed by atoms with van der Waals surface area (Å²) in [5.41, 5.74) is 1.47. The van der Waals surface area contributed by atoms with E-state index in [1.807, 2.05) is 26.0 Å². The van der Waals surface area contributed by atoms with E-state index >= 15 is 0 Å². The summed E-state index contributed by atoms with van der Waals surface area (Å²) in [6.07, 6.45) is 0. The lowest BCUT2D eigenvalue weighted by molar-refractivity contribution is 0.601. The average molecular weight is 304 g/mol. The minimum absolute atomic E-state index is 0.274. The van der Waals surface area contributed by atoms with Gasteiger partial charge in [0.05, 0.1) is 4.90 Å². The number of rotatable bonds is 6. The molecule has 2 rings (SSSR count). The van der Waals surface area contributed by atoms with Crippen LogP contribution in [0.5, 0.6) is 0 Å². The molecule has 2 aromatic rings. The van der Waals surface area contributed by atoms with Gasteiger partial charge in [-0.1, -0.05) is 24.3 Å². The first-order chi connectivity index (χ1) is 10.1. The maximum atomic E-state index is 12.4. The van der Waals surface area contributed by atoms with Gasteiger partial charge in [0, 0.05) is 24.5 Å². The SMILES string of the molecule is CCN(CC)c1cccc(S(=O)(=O)Nc2ccccc2)c1. The van der Waals surface area contributed by atoms with E-state index in [9.17, 15) is 8.42 Å². The minimum atomic E-state index is -3.56. The number of hydrogen-bond acceptors (Lipinski definition) is 3. The molecule has 4 nitrogen and oxygen atoms in total. The zero-order valence-electron chi connectivity index (χ0n) is 12.3. The van der Waals surface area contributed by atoms with E-state index in [1.54, 1.807) is 42.5 Å². The molecule has 0 saturated heterocycles. The lowest BCUT2D eigenvalue weighted by Crippen LogP contribution is -2.22. The normalized spacial score (nSPS) is 11.1. The topological polar surface area (TPSA) is 49.4 Å². The Morgan fingerprint density at radius 2 is 1.62 bits per heavy atom. The molecule has 2 aromatic carbocycles. The Hall–Kier alpha value is -2.01. The van der Waals surface area contributed by atoms with Crippen molar-refractivity contribution in [1.29, 1.82) is 0 Å². The van der Waals surface area contributed by atoms with Gasteiger partial charge in [-0.25, -0.2) is 8.42 Å². The number of benzene rings is 2. The second-order valence-electron chi connectivity index (χ2n) is 4.64. The van der Waals surface area contributed by atoms with Crippen molar-refractivity contribution in [3.05, 3.63) is 54.6 Å². The Bertz CT molecular complexity index is 680. The van der Waals surface area contributed by atoms with E-state index in [2.05, 4.69) is 9.62 Å². The van der Waals surface area contributed by atoms with Gasteiger partial charge < -0.3 is 4.90 Å². The summed E-state index contributed by atoms with van der Waals surface area (Å²) in [5.74, 6) is 0. The molecule has 0 aliphatic heterocycles. The molecular formula is C16H20N2O2S. The van der Waals surface area contributed by atoms with Gasteiger partial charge in [0.15, 0.2) is 0 Å². The third-order valence-electron chi connectivity index (χ3n) is 3.28. The Kier molecular flexibility index (Phi) is 4.85. The first-order valence-electron chi connectivity index (χ1n) is 6.99. The van der Waals surface area contributed by atoms with Gasteiger partial charge in [-0.15, -0.1) is 0 Å². The van der Waals surface area contributed by atoms with E-state index in [0.717, 1.165) is 18.8 Å². The van der Waals surface area contributed by atoms with E-state index in [0.29, 0.717) is 5.69 Å². The van der Waals surface area contributed by atoms with Gasteiger partial charge in [0.1, 0.15) is 0 Å². The first-order valence-corrected chi connectivity index (χ1v) is 8.48. The molecule has 1 N–H and O–H groups in total. The fourth-order valence-electron chi connectivity index (χ4n) is 2.16. The van der Waals surface area contributed by atoms with Crippen LogP contribution in [0.15, 0.2) is 59.5 Å². The summed E-state index contributed by atoms with van der Waals surface area (Å²) in [6, 6.07) is 15.9. The molecule has 0 saturated carbocycles. The maximum Gasteiger partial charge on any atom is 0.261 e. The van der Waals surface area contributed by atoms with E-state index in [1.165, 1.54) is 0 Å². The molecule has 0 aromatic heterocycles. The highest BCUT2D eigenvalue weighted by atomic mass is 32.2. The molecule has 0 radical (unpaired) electrons. The van der Waals surface area contributed by atoms with Crippen LogP contribution in [0.3, 0.4) is 0 Å². The average Bonchev–Trinajstić information content (AvgIpc) is 2.49. The van der Waals surface area contributed by atoms with Crippen LogP contribution in [0.4, 0.5) is 11.4 Å². The molecule has 0 unspecified atom stereocenters. The number of hydrogen-bond donors (Lipinski definition) is 1. The van der Waals surface area contributed by atoms with Gasteiger partial charge >= 0.3 is 0 Å². The zero-order valence-corrected chi connectivity index (χ0v) is 13.1. The predicted molar refractivity (Wildman–Crippen MR) is 87.3 cm³/mol. The van der Waals surface area contributed by atoms with Gasteiger partial charge in [0.2, 0.25) is 0 Å². The summed E-state index contributed by atoms with van der Waals surface area (Å²) in [5, 5.41) is 0. The molecule has 0 spiro atoms. The number of para-hydroxylation sites is 1. The second-order valence-corrected chi connectivity index (χ2v) is 6.32. The zero-order chi connectivity index (χ0) is 15.3. The molecule has 112 valence electrons. The molecule has 0 aliphatic rings. The summed E-state index contributed by atoms with van der Waals surface area (Å²) in [6.45, 7) is 5.78. The van der Waals surface area contributed by atoms with Crippen LogP contribution in [0.25, 0.3) is 0 Å². The summed E-state index contributed by atoms with van der Waals surface area (Å²) < 4.78 is 27.4. The lowest BCUT2D eigenvalue weighted by atomic mass is 10.3. The van der Waals surface area contributed by atoms with Crippen molar-refractivity contribution >= 4 is 21.4 Å². The molecule has 0 heterocycles. The van der Waals surface area contributed by atoms with Crippen LogP contribution in [0.1, 0.15) is 13.8 Å². The Labute approximate surface area is 126 Å². The molecular weight excluding hydrogens is 284 g/mol. The Morgan fingerprint density at radius 1 is 0.952 bits per heavy atom. The minimum Gasteiger partial charge on any atom is -0.372 e. The Morgan fingerprint density at radius 3 is 2.24 bits per heavy atom. The first kappa shape index (κ1) is 15.4. The lowest BCUT2D eigenvalue weighted by Gasteiger charge is -2.21. The predicted octanol–water partition coefficient (Wildman–Crippen LogP) is 3.33. The van der Waals surface area contributed by atoms with Gasteiger partial charge in [-0.3, -0.25) is 4.72 Å². The number of anilines is 2. The molecule has 0 fully saturated rings. The molecule has 5 heteroatoms. The number of nitrogens with one attached hydrogen (secondary N) is 1. The van der Waals surface area contributed by atoms with Crippen molar-refractivity contribution in [1.82, 2.24) is 0 Å². The van der Waals surface area contributed by atoms with Gasteiger partial charge in [-0.05, 0) is 44.2 Å². The molecule has 0 amide bonds. The third kappa shape index (κ3) is 3.76. The van der Waals surface area contributed by atoms with Crippen molar-refractivity contribution in [3.8, 4) is 0 Å². The molecule has 21 heavy (non-hydrogen) atoms. The van der Waals surface area contributed by atoms with E-state index < -0.39 is 10.0 Å². The van der Waals surface area contributed by atoms with Crippen LogP contribution < -0.4 is 9.62 Å². The second kappa shape index (κ2) is 6.63.